The van der Waals surface area contributed by atoms with Crippen LogP contribution in [0.3, 0.4) is 0 Å². The molecule has 0 heterocycles. The Morgan fingerprint density at radius 1 is 1.00 bits per heavy atom. The van der Waals surface area contributed by atoms with Crippen molar-refractivity contribution in [3.63, 3.8) is 0 Å². The summed E-state index contributed by atoms with van der Waals surface area (Å²) in [4.78, 5) is 0. The zero-order valence-corrected chi connectivity index (χ0v) is 8.25. The minimum absolute atomic E-state index is 0. The van der Waals surface area contributed by atoms with Crippen LogP contribution in [0.15, 0.2) is 12.1 Å². The Morgan fingerprint density at radius 3 is 1.73 bits per heavy atom. The number of phenols is 1. The molecule has 0 saturated heterocycles. The molecule has 1 aromatic rings. The third-order valence-electron chi connectivity index (χ3n) is 0.982. The first-order valence-electron chi connectivity index (χ1n) is 2.45. The van der Waals surface area contributed by atoms with Crippen molar-refractivity contribution in [1.82, 2.24) is 0 Å². The van der Waals surface area contributed by atoms with E-state index in [1.165, 1.54) is 12.1 Å². The van der Waals surface area contributed by atoms with E-state index in [9.17, 15) is 0 Å². The van der Waals surface area contributed by atoms with Crippen LogP contribution in [-0.4, -0.2) is 5.11 Å². The van der Waals surface area contributed by atoms with Gasteiger partial charge in [0.25, 0.3) is 0 Å². The van der Waals surface area contributed by atoms with Crippen LogP contribution in [0.2, 0.25) is 15.1 Å². The largest absolute Gasteiger partial charge is 2.00 e. The van der Waals surface area contributed by atoms with Crippen molar-refractivity contribution < 1.29 is 22.2 Å². The number of rotatable bonds is 0. The molecule has 63 valence electrons. The molecule has 0 aliphatic carbocycles. The molecule has 1 rings (SSSR count). The second kappa shape index (κ2) is 4.44. The van der Waals surface area contributed by atoms with Crippen molar-refractivity contribution in [1.29, 1.82) is 0 Å². The first-order valence-corrected chi connectivity index (χ1v) is 3.58. The predicted molar refractivity (Wildman–Crippen MR) is 43.1 cm³/mol. The minimum atomic E-state index is -0.132. The number of halogens is 3. The molecule has 0 atom stereocenters. The maximum atomic E-state index is 9.01. The molecule has 5 heteroatoms. The van der Waals surface area contributed by atoms with E-state index >= 15 is 0 Å². The molecule has 11 heavy (non-hydrogen) atoms. The normalized spacial score (nSPS) is 9.00. The number of hydrogen-bond donors (Lipinski definition) is 1. The number of benzene rings is 1. The van der Waals surface area contributed by atoms with Crippen LogP contribution in [0, 0.1) is 0 Å². The zero-order valence-electron chi connectivity index (χ0n) is 5.04. The number of hydrogen-bond acceptors (Lipinski definition) is 1. The quantitative estimate of drug-likeness (QED) is 0.710. The molecule has 0 aromatic heterocycles. The van der Waals surface area contributed by atoms with Crippen LogP contribution in [-0.2, 0) is 17.1 Å². The van der Waals surface area contributed by atoms with E-state index in [1.807, 2.05) is 0 Å². The fourth-order valence-electron chi connectivity index (χ4n) is 0.535. The third kappa shape index (κ3) is 2.73. The van der Waals surface area contributed by atoms with Crippen LogP contribution < -0.4 is 0 Å². The van der Waals surface area contributed by atoms with Crippen molar-refractivity contribution in [2.75, 3.05) is 0 Å². The van der Waals surface area contributed by atoms with Crippen molar-refractivity contribution in [3.05, 3.63) is 27.2 Å². The number of aromatic hydroxyl groups is 1. The third-order valence-corrected chi connectivity index (χ3v) is 1.78. The Labute approximate surface area is 89.7 Å². The maximum absolute atomic E-state index is 9.01. The molecule has 0 aliphatic heterocycles. The van der Waals surface area contributed by atoms with E-state index in [-0.39, 0.29) is 32.9 Å². The summed E-state index contributed by atoms with van der Waals surface area (Å²) in [7, 11) is 0. The molecule has 0 bridgehead atoms. The number of phenolic OH excluding ortho intramolecular Hbond substituents is 1. The van der Waals surface area contributed by atoms with Crippen LogP contribution in [0.5, 0.6) is 5.75 Å². The fourth-order valence-corrected chi connectivity index (χ4v) is 1.35. The summed E-state index contributed by atoms with van der Waals surface area (Å²) in [6.07, 6.45) is 0. The van der Waals surface area contributed by atoms with E-state index in [4.69, 9.17) is 39.9 Å². The van der Waals surface area contributed by atoms with Gasteiger partial charge in [0.05, 0.1) is 10.0 Å². The first kappa shape index (κ1) is 11.4. The fraction of sp³-hybridized carbons (Fsp3) is 0. The molecule has 0 amide bonds. The smallest absolute Gasteiger partial charge is 0.505 e. The van der Waals surface area contributed by atoms with Gasteiger partial charge in [0.2, 0.25) is 0 Å². The summed E-state index contributed by atoms with van der Waals surface area (Å²) < 4.78 is 0. The average Bonchev–Trinajstić information content (AvgIpc) is 1.82. The summed E-state index contributed by atoms with van der Waals surface area (Å²) in [5.41, 5.74) is 0. The maximum Gasteiger partial charge on any atom is 2.00 e. The Kier molecular flexibility index (Phi) is 4.60. The SMILES string of the molecule is Oc1c(Cl)cc(Cl)cc1Cl.[Cu+2]. The average molecular weight is 261 g/mol. The van der Waals surface area contributed by atoms with Gasteiger partial charge in [-0.05, 0) is 12.1 Å². The van der Waals surface area contributed by atoms with Gasteiger partial charge in [0, 0.05) is 5.02 Å². The topological polar surface area (TPSA) is 20.2 Å². The first-order chi connectivity index (χ1) is 4.61. The van der Waals surface area contributed by atoms with Gasteiger partial charge in [0.1, 0.15) is 0 Å². The van der Waals surface area contributed by atoms with Crippen LogP contribution >= 0.6 is 34.8 Å². The van der Waals surface area contributed by atoms with E-state index in [2.05, 4.69) is 0 Å². The molecule has 0 aliphatic rings. The van der Waals surface area contributed by atoms with E-state index in [0.717, 1.165) is 0 Å². The van der Waals surface area contributed by atoms with Gasteiger partial charge in [-0.3, -0.25) is 0 Å². The van der Waals surface area contributed by atoms with Gasteiger partial charge in [-0.15, -0.1) is 0 Å². The van der Waals surface area contributed by atoms with Gasteiger partial charge < -0.3 is 5.11 Å². The van der Waals surface area contributed by atoms with Crippen molar-refractivity contribution in [2.45, 2.75) is 0 Å². The molecule has 0 fully saturated rings. The van der Waals surface area contributed by atoms with Crippen molar-refractivity contribution in [2.24, 2.45) is 0 Å². The molecule has 1 radical (unpaired) electrons. The zero-order chi connectivity index (χ0) is 7.72. The minimum Gasteiger partial charge on any atom is -0.505 e. The van der Waals surface area contributed by atoms with E-state index in [0.29, 0.717) is 5.02 Å². The second-order valence-electron chi connectivity index (χ2n) is 1.72. The molecular weight excluding hydrogens is 258 g/mol. The van der Waals surface area contributed by atoms with Crippen molar-refractivity contribution in [3.8, 4) is 5.75 Å². The summed E-state index contributed by atoms with van der Waals surface area (Å²) in [5.74, 6) is -0.132. The van der Waals surface area contributed by atoms with Gasteiger partial charge in [0.15, 0.2) is 5.75 Å². The van der Waals surface area contributed by atoms with Gasteiger partial charge in [-0.1, -0.05) is 34.8 Å². The summed E-state index contributed by atoms with van der Waals surface area (Å²) >= 11 is 16.5. The molecule has 0 saturated carbocycles. The predicted octanol–water partition coefficient (Wildman–Crippen LogP) is 3.35. The molecule has 0 spiro atoms. The van der Waals surface area contributed by atoms with E-state index < -0.39 is 0 Å². The molecule has 1 nitrogen and oxygen atoms in total. The Bertz CT molecular complexity index is 241. The Morgan fingerprint density at radius 2 is 1.36 bits per heavy atom. The second-order valence-corrected chi connectivity index (χ2v) is 2.97. The van der Waals surface area contributed by atoms with Crippen molar-refractivity contribution >= 4 is 34.8 Å². The van der Waals surface area contributed by atoms with Crippen LogP contribution in [0.1, 0.15) is 0 Å². The van der Waals surface area contributed by atoms with Gasteiger partial charge in [-0.2, -0.15) is 0 Å². The summed E-state index contributed by atoms with van der Waals surface area (Å²) in [5, 5.41) is 9.75. The molecular formula is C6H3Cl3CuO+2. The Balaban J connectivity index is 0.000001000. The van der Waals surface area contributed by atoms with Crippen LogP contribution in [0.25, 0.3) is 0 Å². The molecule has 1 N–H and O–H groups in total. The van der Waals surface area contributed by atoms with E-state index in [1.54, 1.807) is 0 Å². The van der Waals surface area contributed by atoms with Gasteiger partial charge in [-0.25, -0.2) is 0 Å². The molecule has 0 unspecified atom stereocenters. The monoisotopic (exact) mass is 259 g/mol. The van der Waals surface area contributed by atoms with Gasteiger partial charge >= 0.3 is 17.1 Å². The summed E-state index contributed by atoms with van der Waals surface area (Å²) in [6.45, 7) is 0. The Hall–Kier alpha value is 0.409. The summed E-state index contributed by atoms with van der Waals surface area (Å²) in [6, 6.07) is 2.84. The standard InChI is InChI=1S/C6H3Cl3O.Cu/c7-3-1-4(8)6(10)5(9)2-3;/h1-2,10H;/q;+2. The van der Waals surface area contributed by atoms with Crippen LogP contribution in [0.4, 0.5) is 0 Å². The molecule has 1 aromatic carbocycles.